The molecule has 0 amide bonds. The van der Waals surface area contributed by atoms with E-state index in [-0.39, 0.29) is 5.97 Å². The Morgan fingerprint density at radius 2 is 2.07 bits per heavy atom. The lowest BCUT2D eigenvalue weighted by Gasteiger charge is -2.20. The van der Waals surface area contributed by atoms with Gasteiger partial charge in [0, 0.05) is 21.5 Å². The maximum absolute atomic E-state index is 12.8. The number of carbonyl (C=O) groups is 1. The molecular weight excluding hydrogens is 378 g/mol. The first-order valence-electron chi connectivity index (χ1n) is 9.11. The van der Waals surface area contributed by atoms with E-state index in [0.29, 0.717) is 10.6 Å². The summed E-state index contributed by atoms with van der Waals surface area (Å²) in [6.45, 7) is 5.59. The number of nitrogens with zero attached hydrogens (tertiary/aromatic N) is 1. The first-order chi connectivity index (χ1) is 12.9. The van der Waals surface area contributed by atoms with Crippen LogP contribution >= 0.6 is 22.7 Å². The molecule has 0 spiro atoms. The van der Waals surface area contributed by atoms with E-state index < -0.39 is 5.60 Å². The number of pyridine rings is 1. The number of rotatable bonds is 3. The molecule has 0 unspecified atom stereocenters. The molecule has 3 N–H and O–H groups in total. The van der Waals surface area contributed by atoms with E-state index in [1.165, 1.54) is 27.3 Å². The number of fused-ring (bicyclic) bond motifs is 2. The highest BCUT2D eigenvalue weighted by molar-refractivity contribution is 7.21. The summed E-state index contributed by atoms with van der Waals surface area (Å²) in [7, 11) is 0. The van der Waals surface area contributed by atoms with Gasteiger partial charge in [0.25, 0.3) is 0 Å². The minimum Gasteiger partial charge on any atom is -0.456 e. The molecule has 3 heterocycles. The summed E-state index contributed by atoms with van der Waals surface area (Å²) in [6, 6.07) is 4.18. The van der Waals surface area contributed by atoms with Crippen LogP contribution in [0, 0.1) is 0 Å². The maximum atomic E-state index is 12.8. The molecule has 0 bridgehead atoms. The lowest BCUT2D eigenvalue weighted by atomic mass is 9.90. The number of thiophene rings is 2. The van der Waals surface area contributed by atoms with Crippen LogP contribution in [-0.4, -0.2) is 16.6 Å². The third kappa shape index (κ3) is 3.35. The van der Waals surface area contributed by atoms with E-state index in [4.69, 9.17) is 15.6 Å². The molecule has 0 saturated carbocycles. The summed E-state index contributed by atoms with van der Waals surface area (Å²) in [4.78, 5) is 20.2. The topological polar surface area (TPSA) is 77.2 Å². The Morgan fingerprint density at radius 1 is 1.30 bits per heavy atom. The highest BCUT2D eigenvalue weighted by atomic mass is 32.1. The van der Waals surface area contributed by atoms with Crippen molar-refractivity contribution in [3.8, 4) is 10.4 Å². The van der Waals surface area contributed by atoms with Gasteiger partial charge in [-0.2, -0.15) is 0 Å². The van der Waals surface area contributed by atoms with Gasteiger partial charge in [0.15, 0.2) is 0 Å². The second-order valence-corrected chi connectivity index (χ2v) is 9.68. The smallest absolute Gasteiger partial charge is 0.351 e. The molecule has 0 radical (unpaired) electrons. The maximum Gasteiger partial charge on any atom is 0.351 e. The van der Waals surface area contributed by atoms with Gasteiger partial charge in [0.2, 0.25) is 0 Å². The SMILES string of the molecule is CC(C)(C)OC(=O)c1sc2nc3c(c(-c4cccs4)c2c1NN)CCCC3. The molecule has 142 valence electrons. The number of esters is 1. The van der Waals surface area contributed by atoms with E-state index in [2.05, 4.69) is 22.9 Å². The van der Waals surface area contributed by atoms with Crippen molar-refractivity contribution in [2.24, 2.45) is 5.84 Å². The van der Waals surface area contributed by atoms with Crippen LogP contribution in [0.3, 0.4) is 0 Å². The average Bonchev–Trinajstić information content (AvgIpc) is 3.25. The number of nitrogens with one attached hydrogen (secondary N) is 1. The van der Waals surface area contributed by atoms with Crippen molar-refractivity contribution in [2.75, 3.05) is 5.43 Å². The summed E-state index contributed by atoms with van der Waals surface area (Å²) in [6.07, 6.45) is 4.30. The van der Waals surface area contributed by atoms with Crippen molar-refractivity contribution in [1.29, 1.82) is 0 Å². The Morgan fingerprint density at radius 3 is 2.74 bits per heavy atom. The molecule has 0 fully saturated rings. The number of hydrogen-bond donors (Lipinski definition) is 2. The molecule has 27 heavy (non-hydrogen) atoms. The molecule has 0 saturated heterocycles. The normalized spacial score (nSPS) is 14.2. The molecule has 7 heteroatoms. The molecule has 0 aliphatic heterocycles. The first-order valence-corrected chi connectivity index (χ1v) is 10.8. The quantitative estimate of drug-likeness (QED) is 0.361. The van der Waals surface area contributed by atoms with Gasteiger partial charge in [0.05, 0.1) is 5.69 Å². The standard InChI is InChI=1S/C20H23N3O2S2/c1-20(2,3)25-19(24)17-16(23-21)15-14(13-9-6-10-26-13)11-7-4-5-8-12(11)22-18(15)27-17/h6,9-10,23H,4-5,7-8,21H2,1-3H3. The van der Waals surface area contributed by atoms with Gasteiger partial charge in [-0.15, -0.1) is 22.7 Å². The highest BCUT2D eigenvalue weighted by Gasteiger charge is 2.29. The number of aromatic nitrogens is 1. The van der Waals surface area contributed by atoms with E-state index in [1.807, 2.05) is 20.8 Å². The molecular formula is C20H23N3O2S2. The molecule has 3 aromatic heterocycles. The van der Waals surface area contributed by atoms with Crippen LogP contribution in [-0.2, 0) is 17.6 Å². The number of carbonyl (C=O) groups excluding carboxylic acids is 1. The van der Waals surface area contributed by atoms with E-state index in [0.717, 1.165) is 41.6 Å². The fourth-order valence-corrected chi connectivity index (χ4v) is 5.43. The number of hydrazine groups is 1. The number of nitrogen functional groups attached to an aromatic ring is 1. The number of nitrogens with two attached hydrogens (primary N) is 1. The second-order valence-electron chi connectivity index (χ2n) is 7.73. The third-order valence-corrected chi connectivity index (χ3v) is 6.56. The van der Waals surface area contributed by atoms with Crippen LogP contribution in [0.5, 0.6) is 0 Å². The van der Waals surface area contributed by atoms with Crippen LogP contribution in [0.2, 0.25) is 0 Å². The Labute approximate surface area is 166 Å². The summed E-state index contributed by atoms with van der Waals surface area (Å²) in [5.41, 5.74) is 6.43. The second kappa shape index (κ2) is 6.89. The zero-order valence-corrected chi connectivity index (χ0v) is 17.4. The van der Waals surface area contributed by atoms with Gasteiger partial charge >= 0.3 is 5.97 Å². The van der Waals surface area contributed by atoms with E-state index >= 15 is 0 Å². The number of aryl methyl sites for hydroxylation is 1. The summed E-state index contributed by atoms with van der Waals surface area (Å²) < 4.78 is 5.60. The lowest BCUT2D eigenvalue weighted by molar-refractivity contribution is 0.00763. The molecule has 4 rings (SSSR count). The van der Waals surface area contributed by atoms with Crippen molar-refractivity contribution in [3.63, 3.8) is 0 Å². The van der Waals surface area contributed by atoms with Crippen molar-refractivity contribution in [3.05, 3.63) is 33.6 Å². The predicted octanol–water partition coefficient (Wildman–Crippen LogP) is 5.14. The van der Waals surface area contributed by atoms with Gasteiger partial charge < -0.3 is 10.2 Å². The first kappa shape index (κ1) is 18.4. The molecule has 0 atom stereocenters. The average molecular weight is 402 g/mol. The molecule has 1 aliphatic carbocycles. The molecule has 3 aromatic rings. The van der Waals surface area contributed by atoms with Crippen LogP contribution in [0.15, 0.2) is 17.5 Å². The van der Waals surface area contributed by atoms with Crippen molar-refractivity contribution < 1.29 is 9.53 Å². The van der Waals surface area contributed by atoms with E-state index in [1.54, 1.807) is 11.3 Å². The van der Waals surface area contributed by atoms with Crippen LogP contribution in [0.4, 0.5) is 5.69 Å². The minimum absolute atomic E-state index is 0.367. The third-order valence-electron chi connectivity index (χ3n) is 4.61. The summed E-state index contributed by atoms with van der Waals surface area (Å²) >= 11 is 3.06. The van der Waals surface area contributed by atoms with Gasteiger partial charge in [0.1, 0.15) is 15.3 Å². The molecule has 5 nitrogen and oxygen atoms in total. The van der Waals surface area contributed by atoms with Crippen molar-refractivity contribution >= 4 is 44.5 Å². The largest absolute Gasteiger partial charge is 0.456 e. The predicted molar refractivity (Wildman–Crippen MR) is 113 cm³/mol. The number of hydrogen-bond acceptors (Lipinski definition) is 7. The van der Waals surface area contributed by atoms with Crippen LogP contribution in [0.1, 0.15) is 54.5 Å². The van der Waals surface area contributed by atoms with Crippen molar-refractivity contribution in [2.45, 2.75) is 52.1 Å². The van der Waals surface area contributed by atoms with E-state index in [9.17, 15) is 4.79 Å². The zero-order chi connectivity index (χ0) is 19.2. The highest BCUT2D eigenvalue weighted by Crippen LogP contribution is 2.46. The number of ether oxygens (including phenoxy) is 1. The Kier molecular flexibility index (Phi) is 4.70. The molecule has 1 aliphatic rings. The Balaban J connectivity index is 2.00. The van der Waals surface area contributed by atoms with Gasteiger partial charge in [-0.3, -0.25) is 5.84 Å². The Hall–Kier alpha value is -1.96. The lowest BCUT2D eigenvalue weighted by Crippen LogP contribution is -2.24. The summed E-state index contributed by atoms with van der Waals surface area (Å²) in [5.74, 6) is 5.52. The van der Waals surface area contributed by atoms with Gasteiger partial charge in [-0.05, 0) is 63.5 Å². The molecule has 0 aromatic carbocycles. The fraction of sp³-hybridized carbons (Fsp3) is 0.400. The van der Waals surface area contributed by atoms with Crippen LogP contribution in [0.25, 0.3) is 20.7 Å². The fourth-order valence-electron chi connectivity index (χ4n) is 3.58. The van der Waals surface area contributed by atoms with Crippen LogP contribution < -0.4 is 11.3 Å². The number of anilines is 1. The Bertz CT molecular complexity index is 1000. The zero-order valence-electron chi connectivity index (χ0n) is 15.7. The van der Waals surface area contributed by atoms with Gasteiger partial charge in [-0.25, -0.2) is 9.78 Å². The van der Waals surface area contributed by atoms with Gasteiger partial charge in [-0.1, -0.05) is 6.07 Å². The summed E-state index contributed by atoms with van der Waals surface area (Å²) in [5, 5.41) is 3.01. The van der Waals surface area contributed by atoms with Crippen molar-refractivity contribution in [1.82, 2.24) is 4.98 Å². The minimum atomic E-state index is -0.567. The monoisotopic (exact) mass is 401 g/mol.